The molecule has 17 heavy (non-hydrogen) atoms. The van der Waals surface area contributed by atoms with E-state index in [4.69, 9.17) is 10.2 Å². The fraction of sp³-hybridized carbons (Fsp3) is 0.273. The summed E-state index contributed by atoms with van der Waals surface area (Å²) < 4.78 is 0. The molecule has 6 heteroatoms. The molecule has 0 aliphatic carbocycles. The van der Waals surface area contributed by atoms with E-state index in [0.29, 0.717) is 5.69 Å². The van der Waals surface area contributed by atoms with Crippen molar-refractivity contribution in [3.05, 3.63) is 29.8 Å². The molecule has 0 aromatic heterocycles. The molecule has 0 radical (unpaired) electrons. The van der Waals surface area contributed by atoms with E-state index in [1.165, 1.54) is 0 Å². The van der Waals surface area contributed by atoms with Crippen molar-refractivity contribution < 1.29 is 19.8 Å². The van der Waals surface area contributed by atoms with Gasteiger partial charge in [0, 0.05) is 5.69 Å². The van der Waals surface area contributed by atoms with Gasteiger partial charge in [-0.2, -0.15) is 0 Å². The smallest absolute Gasteiger partial charge is 0.328 e. The Bertz CT molecular complexity index is 420. The van der Waals surface area contributed by atoms with Gasteiger partial charge in [0.2, 0.25) is 0 Å². The van der Waals surface area contributed by atoms with E-state index >= 15 is 0 Å². The Labute approximate surface area is 98.3 Å². The van der Waals surface area contributed by atoms with Crippen LogP contribution in [0.2, 0.25) is 0 Å². The quantitative estimate of drug-likeness (QED) is 0.616. The molecule has 0 unspecified atom stereocenters. The molecule has 6 nitrogen and oxygen atoms in total. The summed E-state index contributed by atoms with van der Waals surface area (Å²) in [5.74, 6) is -1.29. The minimum absolute atomic E-state index is 0.560. The number of urea groups is 1. The van der Waals surface area contributed by atoms with Crippen LogP contribution in [-0.4, -0.2) is 34.9 Å². The van der Waals surface area contributed by atoms with Crippen LogP contribution in [0.25, 0.3) is 0 Å². The van der Waals surface area contributed by atoms with Gasteiger partial charge in [0.25, 0.3) is 0 Å². The summed E-state index contributed by atoms with van der Waals surface area (Å²) in [7, 11) is 0. The summed E-state index contributed by atoms with van der Waals surface area (Å²) in [5.41, 5.74) is 1.53. The maximum absolute atomic E-state index is 11.4. The number of aliphatic hydroxyl groups excluding tert-OH is 1. The third kappa shape index (κ3) is 4.12. The lowest BCUT2D eigenvalue weighted by molar-refractivity contribution is -0.140. The van der Waals surface area contributed by atoms with Gasteiger partial charge < -0.3 is 20.8 Å². The van der Waals surface area contributed by atoms with E-state index in [1.54, 1.807) is 18.2 Å². The molecule has 0 aliphatic heterocycles. The van der Waals surface area contributed by atoms with Crippen molar-refractivity contribution in [2.75, 3.05) is 11.9 Å². The predicted molar refractivity (Wildman–Crippen MR) is 61.8 cm³/mol. The molecule has 1 aromatic rings. The van der Waals surface area contributed by atoms with Crippen molar-refractivity contribution in [1.82, 2.24) is 5.32 Å². The SMILES string of the molecule is Cc1cccc(NC(=O)N[C@H](CO)C(=O)O)c1. The van der Waals surface area contributed by atoms with E-state index in [-0.39, 0.29) is 0 Å². The van der Waals surface area contributed by atoms with Gasteiger partial charge in [0.05, 0.1) is 6.61 Å². The fourth-order valence-electron chi connectivity index (χ4n) is 1.23. The first-order valence-electron chi connectivity index (χ1n) is 5.01. The van der Waals surface area contributed by atoms with Crippen LogP contribution in [0.5, 0.6) is 0 Å². The second kappa shape index (κ2) is 5.86. The normalized spacial score (nSPS) is 11.6. The molecule has 1 aromatic carbocycles. The predicted octanol–water partition coefficient (Wildman–Crippen LogP) is 0.562. The maximum atomic E-state index is 11.4. The number of aryl methyl sites for hydroxylation is 1. The van der Waals surface area contributed by atoms with Crippen molar-refractivity contribution in [2.24, 2.45) is 0 Å². The Morgan fingerprint density at radius 2 is 2.12 bits per heavy atom. The fourth-order valence-corrected chi connectivity index (χ4v) is 1.23. The van der Waals surface area contributed by atoms with Crippen molar-refractivity contribution >= 4 is 17.7 Å². The van der Waals surface area contributed by atoms with E-state index in [2.05, 4.69) is 10.6 Å². The molecule has 0 fully saturated rings. The average molecular weight is 238 g/mol. The van der Waals surface area contributed by atoms with E-state index in [1.807, 2.05) is 13.0 Å². The number of anilines is 1. The molecular weight excluding hydrogens is 224 g/mol. The van der Waals surface area contributed by atoms with E-state index in [0.717, 1.165) is 5.56 Å². The Morgan fingerprint density at radius 1 is 1.41 bits per heavy atom. The largest absolute Gasteiger partial charge is 0.480 e. The minimum Gasteiger partial charge on any atom is -0.480 e. The summed E-state index contributed by atoms with van der Waals surface area (Å²) in [6.07, 6.45) is 0. The molecule has 0 spiro atoms. The molecule has 0 saturated heterocycles. The van der Waals surface area contributed by atoms with Gasteiger partial charge >= 0.3 is 12.0 Å². The van der Waals surface area contributed by atoms with Crippen LogP contribution < -0.4 is 10.6 Å². The molecule has 1 atom stereocenters. The number of hydrogen-bond acceptors (Lipinski definition) is 3. The lowest BCUT2D eigenvalue weighted by atomic mass is 10.2. The van der Waals surface area contributed by atoms with Crippen molar-refractivity contribution in [3.63, 3.8) is 0 Å². The average Bonchev–Trinajstić information content (AvgIpc) is 2.25. The van der Waals surface area contributed by atoms with Gasteiger partial charge in [-0.15, -0.1) is 0 Å². The van der Waals surface area contributed by atoms with Gasteiger partial charge in [-0.05, 0) is 24.6 Å². The van der Waals surface area contributed by atoms with E-state index in [9.17, 15) is 9.59 Å². The number of benzene rings is 1. The number of amides is 2. The van der Waals surface area contributed by atoms with Crippen LogP contribution in [0, 0.1) is 6.92 Å². The summed E-state index contributed by atoms with van der Waals surface area (Å²) in [6.45, 7) is 1.22. The number of carboxylic acid groups (broad SMARTS) is 1. The van der Waals surface area contributed by atoms with Crippen molar-refractivity contribution in [1.29, 1.82) is 0 Å². The topological polar surface area (TPSA) is 98.7 Å². The minimum atomic E-state index is -1.31. The first-order chi connectivity index (χ1) is 8.02. The van der Waals surface area contributed by atoms with Crippen molar-refractivity contribution in [2.45, 2.75) is 13.0 Å². The number of rotatable bonds is 4. The number of hydrogen-bond donors (Lipinski definition) is 4. The standard InChI is InChI=1S/C11H14N2O4/c1-7-3-2-4-8(5-7)12-11(17)13-9(6-14)10(15)16/h2-5,9,14H,6H2,1H3,(H,15,16)(H2,12,13,17)/t9-/m1/s1. The zero-order valence-electron chi connectivity index (χ0n) is 9.30. The Kier molecular flexibility index (Phi) is 4.47. The highest BCUT2D eigenvalue weighted by Crippen LogP contribution is 2.08. The Hall–Kier alpha value is -2.08. The lowest BCUT2D eigenvalue weighted by Gasteiger charge is -2.12. The number of carboxylic acids is 1. The van der Waals surface area contributed by atoms with Crippen molar-refractivity contribution in [3.8, 4) is 0 Å². The van der Waals surface area contributed by atoms with Crippen LogP contribution in [0.1, 0.15) is 5.56 Å². The van der Waals surface area contributed by atoms with E-state index < -0.39 is 24.6 Å². The zero-order chi connectivity index (χ0) is 12.8. The third-order valence-corrected chi connectivity index (χ3v) is 2.06. The van der Waals surface area contributed by atoms with Crippen LogP contribution >= 0.6 is 0 Å². The monoisotopic (exact) mass is 238 g/mol. The number of aliphatic hydroxyl groups is 1. The molecule has 0 saturated carbocycles. The van der Waals surface area contributed by atoms with Gasteiger partial charge in [-0.1, -0.05) is 12.1 Å². The summed E-state index contributed by atoms with van der Waals surface area (Å²) in [5, 5.41) is 22.0. The Balaban J connectivity index is 2.58. The van der Waals surface area contributed by atoms with Crippen LogP contribution in [0.3, 0.4) is 0 Å². The van der Waals surface area contributed by atoms with Gasteiger partial charge in [-0.25, -0.2) is 9.59 Å². The molecule has 0 bridgehead atoms. The number of carbonyl (C=O) groups excluding carboxylic acids is 1. The molecule has 92 valence electrons. The molecule has 0 aliphatic rings. The van der Waals surface area contributed by atoms with Crippen LogP contribution in [0.4, 0.5) is 10.5 Å². The highest BCUT2D eigenvalue weighted by atomic mass is 16.4. The maximum Gasteiger partial charge on any atom is 0.328 e. The van der Waals surface area contributed by atoms with Crippen LogP contribution in [-0.2, 0) is 4.79 Å². The second-order valence-electron chi connectivity index (χ2n) is 3.54. The molecule has 0 heterocycles. The summed E-state index contributed by atoms with van der Waals surface area (Å²) in [6, 6.07) is 5.09. The molecule has 1 rings (SSSR count). The Morgan fingerprint density at radius 3 is 2.65 bits per heavy atom. The summed E-state index contributed by atoms with van der Waals surface area (Å²) >= 11 is 0. The zero-order valence-corrected chi connectivity index (χ0v) is 9.30. The number of carbonyl (C=O) groups is 2. The molecule has 4 N–H and O–H groups in total. The number of nitrogens with one attached hydrogen (secondary N) is 2. The number of aliphatic carboxylic acids is 1. The lowest BCUT2D eigenvalue weighted by Crippen LogP contribution is -2.45. The highest BCUT2D eigenvalue weighted by Gasteiger charge is 2.18. The first-order valence-corrected chi connectivity index (χ1v) is 5.01. The second-order valence-corrected chi connectivity index (χ2v) is 3.54. The molecular formula is C11H14N2O4. The third-order valence-electron chi connectivity index (χ3n) is 2.06. The van der Waals surface area contributed by atoms with Gasteiger partial charge in [-0.3, -0.25) is 0 Å². The van der Waals surface area contributed by atoms with Crippen LogP contribution in [0.15, 0.2) is 24.3 Å². The van der Waals surface area contributed by atoms with Gasteiger partial charge in [0.1, 0.15) is 0 Å². The first kappa shape index (κ1) is 13.0. The highest BCUT2D eigenvalue weighted by molar-refractivity contribution is 5.92. The van der Waals surface area contributed by atoms with Gasteiger partial charge in [0.15, 0.2) is 6.04 Å². The molecule has 2 amide bonds. The summed E-state index contributed by atoms with van der Waals surface area (Å²) in [4.78, 5) is 22.0.